The standard InChI is InChI=1S/C6H16N2.C6H6O.Cu/c1-6(2,3)8-5-4-7;7-6-4-2-1-3-5-6;/h8H,4-5,7H2,1-3H3;1-5,7H;/q;;+1/p-1. The van der Waals surface area contributed by atoms with E-state index in [4.69, 9.17) is 5.73 Å². The molecule has 0 amide bonds. The van der Waals surface area contributed by atoms with Gasteiger partial charge in [0.1, 0.15) is 0 Å². The molecule has 0 saturated heterocycles. The normalized spacial score (nSPS) is 9.75. The molecular formula is C12H21CuN2O. The molecule has 0 bridgehead atoms. The molecule has 0 fully saturated rings. The van der Waals surface area contributed by atoms with Gasteiger partial charge < -0.3 is 16.2 Å². The minimum Gasteiger partial charge on any atom is -0.872 e. The van der Waals surface area contributed by atoms with E-state index in [0.29, 0.717) is 0 Å². The van der Waals surface area contributed by atoms with Crippen LogP contribution in [0, 0.1) is 0 Å². The molecule has 0 saturated carbocycles. The van der Waals surface area contributed by atoms with Gasteiger partial charge in [-0.25, -0.2) is 0 Å². The van der Waals surface area contributed by atoms with E-state index in [1.165, 1.54) is 12.1 Å². The molecule has 3 N–H and O–H groups in total. The van der Waals surface area contributed by atoms with E-state index in [1.807, 2.05) is 6.07 Å². The summed E-state index contributed by atoms with van der Waals surface area (Å²) in [5.41, 5.74) is 5.49. The topological polar surface area (TPSA) is 61.1 Å². The SMILES string of the molecule is CC(C)(C)NCCN.[Cu+].[O-]c1ccccc1. The maximum atomic E-state index is 10.3. The van der Waals surface area contributed by atoms with E-state index >= 15 is 0 Å². The fourth-order valence-corrected chi connectivity index (χ4v) is 0.868. The third-order valence-corrected chi connectivity index (χ3v) is 1.54. The Bertz CT molecular complexity index is 247. The van der Waals surface area contributed by atoms with Gasteiger partial charge in [0, 0.05) is 18.6 Å². The molecule has 1 rings (SSSR count). The summed E-state index contributed by atoms with van der Waals surface area (Å²) in [5.74, 6) is 0.0718. The fraction of sp³-hybridized carbons (Fsp3) is 0.500. The molecule has 3 nitrogen and oxygen atoms in total. The average Bonchev–Trinajstić information content (AvgIpc) is 2.16. The largest absolute Gasteiger partial charge is 1.00 e. The van der Waals surface area contributed by atoms with Crippen molar-refractivity contribution in [3.63, 3.8) is 0 Å². The first kappa shape index (κ1) is 17.8. The maximum absolute atomic E-state index is 10.3. The molecule has 96 valence electrons. The van der Waals surface area contributed by atoms with E-state index in [-0.39, 0.29) is 28.4 Å². The fourth-order valence-electron chi connectivity index (χ4n) is 0.868. The Morgan fingerprint density at radius 2 is 1.69 bits per heavy atom. The average molecular weight is 273 g/mol. The number of hydrogen-bond acceptors (Lipinski definition) is 3. The van der Waals surface area contributed by atoms with Crippen molar-refractivity contribution < 1.29 is 22.2 Å². The molecule has 1 aromatic carbocycles. The van der Waals surface area contributed by atoms with Gasteiger partial charge in [-0.2, -0.15) is 0 Å². The van der Waals surface area contributed by atoms with Crippen LogP contribution in [0.3, 0.4) is 0 Å². The predicted octanol–water partition coefficient (Wildman–Crippen LogP) is 1.09. The predicted molar refractivity (Wildman–Crippen MR) is 62.7 cm³/mol. The summed E-state index contributed by atoms with van der Waals surface area (Å²) in [6, 6.07) is 8.33. The first-order chi connectivity index (χ1) is 6.95. The Hall–Kier alpha value is -0.541. The Morgan fingerprint density at radius 1 is 1.19 bits per heavy atom. The van der Waals surface area contributed by atoms with Crippen LogP contribution in [0.1, 0.15) is 20.8 Å². The van der Waals surface area contributed by atoms with E-state index < -0.39 is 0 Å². The maximum Gasteiger partial charge on any atom is 1.00 e. The summed E-state index contributed by atoms with van der Waals surface area (Å²) in [4.78, 5) is 0. The molecule has 0 aromatic heterocycles. The van der Waals surface area contributed by atoms with Gasteiger partial charge in [-0.1, -0.05) is 30.3 Å². The molecule has 1 aromatic rings. The zero-order valence-corrected chi connectivity index (χ0v) is 11.0. The van der Waals surface area contributed by atoms with Crippen LogP contribution in [-0.2, 0) is 17.1 Å². The molecule has 0 atom stereocenters. The second-order valence-corrected chi connectivity index (χ2v) is 4.28. The molecule has 0 aliphatic carbocycles. The monoisotopic (exact) mass is 272 g/mol. The van der Waals surface area contributed by atoms with Crippen LogP contribution in [0.5, 0.6) is 5.75 Å². The van der Waals surface area contributed by atoms with Crippen molar-refractivity contribution in [3.05, 3.63) is 30.3 Å². The third kappa shape index (κ3) is 13.5. The molecule has 0 aliphatic rings. The Kier molecular flexibility index (Phi) is 10.8. The zero-order valence-electron chi connectivity index (χ0n) is 10.1. The molecule has 0 radical (unpaired) electrons. The van der Waals surface area contributed by atoms with Crippen molar-refractivity contribution in [2.75, 3.05) is 13.1 Å². The third-order valence-electron chi connectivity index (χ3n) is 1.54. The smallest absolute Gasteiger partial charge is 0.872 e. The number of nitrogens with one attached hydrogen (secondary N) is 1. The Morgan fingerprint density at radius 3 is 1.88 bits per heavy atom. The Balaban J connectivity index is 0. The minimum atomic E-state index is 0. The second kappa shape index (κ2) is 9.67. The van der Waals surface area contributed by atoms with Crippen molar-refractivity contribution in [2.45, 2.75) is 26.3 Å². The summed E-state index contributed by atoms with van der Waals surface area (Å²) < 4.78 is 0. The van der Waals surface area contributed by atoms with Crippen LogP contribution in [0.25, 0.3) is 0 Å². The van der Waals surface area contributed by atoms with Crippen LogP contribution in [0.15, 0.2) is 30.3 Å². The zero-order chi connectivity index (χ0) is 11.7. The van der Waals surface area contributed by atoms with Crippen molar-refractivity contribution in [3.8, 4) is 5.75 Å². The molecule has 4 heteroatoms. The molecule has 16 heavy (non-hydrogen) atoms. The number of benzene rings is 1. The Labute approximate surface area is 109 Å². The number of para-hydroxylation sites is 1. The molecule has 0 heterocycles. The van der Waals surface area contributed by atoms with Crippen LogP contribution in [0.2, 0.25) is 0 Å². The van der Waals surface area contributed by atoms with Crippen molar-refractivity contribution in [2.24, 2.45) is 5.73 Å². The van der Waals surface area contributed by atoms with Gasteiger partial charge in [0.25, 0.3) is 0 Å². The quantitative estimate of drug-likeness (QED) is 0.793. The number of hydrogen-bond donors (Lipinski definition) is 2. The van der Waals surface area contributed by atoms with Gasteiger partial charge in [0.15, 0.2) is 0 Å². The van der Waals surface area contributed by atoms with Gasteiger partial charge in [0.05, 0.1) is 0 Å². The molecular weight excluding hydrogens is 252 g/mol. The van der Waals surface area contributed by atoms with Gasteiger partial charge >= 0.3 is 17.1 Å². The van der Waals surface area contributed by atoms with Gasteiger partial charge in [-0.15, -0.1) is 5.75 Å². The summed E-state index contributed by atoms with van der Waals surface area (Å²) in [6.07, 6.45) is 0. The number of nitrogens with two attached hydrogens (primary N) is 1. The number of rotatable bonds is 2. The first-order valence-corrected chi connectivity index (χ1v) is 5.13. The van der Waals surface area contributed by atoms with E-state index in [0.717, 1.165) is 13.1 Å². The van der Waals surface area contributed by atoms with E-state index in [2.05, 4.69) is 26.1 Å². The van der Waals surface area contributed by atoms with Crippen LogP contribution >= 0.6 is 0 Å². The van der Waals surface area contributed by atoms with Crippen LogP contribution in [-0.4, -0.2) is 18.6 Å². The van der Waals surface area contributed by atoms with Crippen molar-refractivity contribution >= 4 is 0 Å². The van der Waals surface area contributed by atoms with Crippen LogP contribution < -0.4 is 16.2 Å². The summed E-state index contributed by atoms with van der Waals surface area (Å²) in [5, 5.41) is 13.5. The van der Waals surface area contributed by atoms with Crippen LogP contribution in [0.4, 0.5) is 0 Å². The van der Waals surface area contributed by atoms with Gasteiger partial charge in [0.2, 0.25) is 0 Å². The van der Waals surface area contributed by atoms with Crippen molar-refractivity contribution in [1.82, 2.24) is 5.32 Å². The molecule has 0 spiro atoms. The molecule has 0 aliphatic heterocycles. The van der Waals surface area contributed by atoms with Gasteiger partial charge in [-0.3, -0.25) is 0 Å². The minimum absolute atomic E-state index is 0. The van der Waals surface area contributed by atoms with Crippen molar-refractivity contribution in [1.29, 1.82) is 0 Å². The van der Waals surface area contributed by atoms with E-state index in [1.54, 1.807) is 12.1 Å². The summed E-state index contributed by atoms with van der Waals surface area (Å²) in [6.45, 7) is 8.01. The molecule has 0 unspecified atom stereocenters. The van der Waals surface area contributed by atoms with E-state index in [9.17, 15) is 5.11 Å². The van der Waals surface area contributed by atoms with Gasteiger partial charge in [-0.05, 0) is 20.8 Å². The summed E-state index contributed by atoms with van der Waals surface area (Å²) in [7, 11) is 0. The first-order valence-electron chi connectivity index (χ1n) is 5.13. The summed E-state index contributed by atoms with van der Waals surface area (Å²) >= 11 is 0. The second-order valence-electron chi connectivity index (χ2n) is 4.28.